The predicted molar refractivity (Wildman–Crippen MR) is 124 cm³/mol. The number of nitrogens with zero attached hydrogens (tertiary/aromatic N) is 1. The molecule has 0 fully saturated rings. The van der Waals surface area contributed by atoms with Crippen LogP contribution in [0.3, 0.4) is 0 Å². The van der Waals surface area contributed by atoms with Crippen molar-refractivity contribution in [2.24, 2.45) is 0 Å². The average Bonchev–Trinajstić information content (AvgIpc) is 3.20. The minimum Gasteiger partial charge on any atom is -0.494 e. The summed E-state index contributed by atoms with van der Waals surface area (Å²) in [7, 11) is 0. The third-order valence-corrected chi connectivity index (χ3v) is 5.58. The van der Waals surface area contributed by atoms with Gasteiger partial charge in [-0.15, -0.1) is 11.3 Å². The average molecular weight is 418 g/mol. The van der Waals surface area contributed by atoms with E-state index in [1.54, 1.807) is 0 Å². The van der Waals surface area contributed by atoms with Gasteiger partial charge in [-0.05, 0) is 47.5 Å². The van der Waals surface area contributed by atoms with Gasteiger partial charge in [0.25, 0.3) is 0 Å². The quantitative estimate of drug-likeness (QED) is 0.406. The molecule has 0 aliphatic carbocycles. The third kappa shape index (κ3) is 4.96. The van der Waals surface area contributed by atoms with E-state index in [0.717, 1.165) is 22.7 Å². The molecule has 0 aliphatic heterocycles. The molecule has 1 amide bonds. The van der Waals surface area contributed by atoms with Gasteiger partial charge in [0.05, 0.1) is 13.2 Å². The van der Waals surface area contributed by atoms with Crippen molar-refractivity contribution in [1.29, 1.82) is 0 Å². The molecule has 0 atom stereocenters. The van der Waals surface area contributed by atoms with Gasteiger partial charge < -0.3 is 15.4 Å². The van der Waals surface area contributed by atoms with E-state index < -0.39 is 0 Å². The van der Waals surface area contributed by atoms with Crippen LogP contribution in [0.25, 0.3) is 10.8 Å². The van der Waals surface area contributed by atoms with Crippen LogP contribution < -0.4 is 15.4 Å². The Bertz CT molecular complexity index is 1130. The molecule has 3 aromatic carbocycles. The number of nitrogens with one attached hydrogen (secondary N) is 2. The van der Waals surface area contributed by atoms with Crippen LogP contribution in [-0.4, -0.2) is 24.0 Å². The maximum absolute atomic E-state index is 12.3. The highest BCUT2D eigenvalue weighted by Gasteiger charge is 2.09. The molecule has 30 heavy (non-hydrogen) atoms. The molecule has 5 nitrogen and oxygen atoms in total. The van der Waals surface area contributed by atoms with Crippen LogP contribution in [0.1, 0.15) is 17.4 Å². The van der Waals surface area contributed by atoms with E-state index in [-0.39, 0.29) is 12.5 Å². The number of thiazole rings is 1. The summed E-state index contributed by atoms with van der Waals surface area (Å²) in [6.45, 7) is 2.75. The molecule has 0 spiro atoms. The van der Waals surface area contributed by atoms with E-state index in [0.29, 0.717) is 11.7 Å². The molecular weight excluding hydrogens is 394 g/mol. The Morgan fingerprint density at radius 1 is 1.03 bits per heavy atom. The molecule has 0 bridgehead atoms. The molecule has 0 unspecified atom stereocenters. The maximum Gasteiger partial charge on any atom is 0.245 e. The lowest BCUT2D eigenvalue weighted by atomic mass is 10.0. The van der Waals surface area contributed by atoms with Crippen LogP contribution in [-0.2, 0) is 11.2 Å². The molecule has 0 radical (unpaired) electrons. The van der Waals surface area contributed by atoms with E-state index in [4.69, 9.17) is 4.74 Å². The number of fused-ring (bicyclic) bond motifs is 1. The first kappa shape index (κ1) is 19.9. The zero-order chi connectivity index (χ0) is 20.8. The van der Waals surface area contributed by atoms with E-state index >= 15 is 0 Å². The van der Waals surface area contributed by atoms with Crippen molar-refractivity contribution in [2.45, 2.75) is 13.3 Å². The number of rotatable bonds is 8. The predicted octanol–water partition coefficient (Wildman–Crippen LogP) is 5.34. The number of ether oxygens (including phenoxy) is 1. The Labute approximate surface area is 179 Å². The Hall–Kier alpha value is -3.38. The highest BCUT2D eigenvalue weighted by atomic mass is 32.1. The highest BCUT2D eigenvalue weighted by Crippen LogP contribution is 2.25. The van der Waals surface area contributed by atoms with Gasteiger partial charge in [-0.25, -0.2) is 4.98 Å². The van der Waals surface area contributed by atoms with Crippen LogP contribution in [0.2, 0.25) is 0 Å². The molecular formula is C24H23N3O2S. The summed E-state index contributed by atoms with van der Waals surface area (Å²) in [4.78, 5) is 17.7. The van der Waals surface area contributed by atoms with Crippen molar-refractivity contribution < 1.29 is 9.53 Å². The normalized spacial score (nSPS) is 10.7. The van der Waals surface area contributed by atoms with Crippen molar-refractivity contribution in [3.63, 3.8) is 0 Å². The molecule has 1 aromatic heterocycles. The summed E-state index contributed by atoms with van der Waals surface area (Å²) in [6.07, 6.45) is 2.63. The molecule has 0 saturated heterocycles. The van der Waals surface area contributed by atoms with Gasteiger partial charge in [-0.2, -0.15) is 0 Å². The zero-order valence-corrected chi connectivity index (χ0v) is 17.5. The SMILES string of the molecule is CCOc1ccc(NCC(=O)Nc2ncc(Cc3cccc4ccccc34)s2)cc1. The number of aromatic nitrogens is 1. The van der Waals surface area contributed by atoms with Gasteiger partial charge in [-0.1, -0.05) is 42.5 Å². The largest absolute Gasteiger partial charge is 0.494 e. The van der Waals surface area contributed by atoms with Crippen LogP contribution in [0, 0.1) is 0 Å². The van der Waals surface area contributed by atoms with E-state index in [2.05, 4.69) is 52.0 Å². The smallest absolute Gasteiger partial charge is 0.245 e. The minimum absolute atomic E-state index is 0.130. The van der Waals surface area contributed by atoms with Crippen LogP contribution >= 0.6 is 11.3 Å². The summed E-state index contributed by atoms with van der Waals surface area (Å²) < 4.78 is 5.42. The lowest BCUT2D eigenvalue weighted by Gasteiger charge is -2.07. The molecule has 0 saturated carbocycles. The lowest BCUT2D eigenvalue weighted by molar-refractivity contribution is -0.114. The van der Waals surface area contributed by atoms with Crippen molar-refractivity contribution in [3.05, 3.63) is 83.4 Å². The van der Waals surface area contributed by atoms with Crippen LogP contribution in [0.15, 0.2) is 72.9 Å². The van der Waals surface area contributed by atoms with Gasteiger partial charge in [0.2, 0.25) is 5.91 Å². The number of amides is 1. The second-order valence-corrected chi connectivity index (χ2v) is 7.92. The summed E-state index contributed by atoms with van der Waals surface area (Å²) in [6, 6.07) is 22.2. The Morgan fingerprint density at radius 2 is 1.83 bits per heavy atom. The molecule has 0 aliphatic rings. The topological polar surface area (TPSA) is 63.2 Å². The fraction of sp³-hybridized carbons (Fsp3) is 0.167. The Kier molecular flexibility index (Phi) is 6.25. The van der Waals surface area contributed by atoms with Crippen LogP contribution in [0.4, 0.5) is 10.8 Å². The summed E-state index contributed by atoms with van der Waals surface area (Å²) in [5.74, 6) is 0.684. The molecule has 2 N–H and O–H groups in total. The molecule has 6 heteroatoms. The zero-order valence-electron chi connectivity index (χ0n) is 16.7. The summed E-state index contributed by atoms with van der Waals surface area (Å²) in [5, 5.41) is 9.07. The molecule has 152 valence electrons. The Balaban J connectivity index is 1.33. The minimum atomic E-state index is -0.130. The van der Waals surface area contributed by atoms with Crippen molar-refractivity contribution >= 4 is 38.8 Å². The number of anilines is 2. The second kappa shape index (κ2) is 9.41. The summed E-state index contributed by atoms with van der Waals surface area (Å²) in [5.41, 5.74) is 2.12. The van der Waals surface area contributed by atoms with E-state index in [9.17, 15) is 4.79 Å². The van der Waals surface area contributed by atoms with Crippen molar-refractivity contribution in [1.82, 2.24) is 4.98 Å². The highest BCUT2D eigenvalue weighted by molar-refractivity contribution is 7.15. The fourth-order valence-electron chi connectivity index (χ4n) is 3.26. The van der Waals surface area contributed by atoms with Gasteiger partial charge in [0.15, 0.2) is 5.13 Å². The van der Waals surface area contributed by atoms with Gasteiger partial charge in [0, 0.05) is 23.2 Å². The molecule has 4 aromatic rings. The number of hydrogen-bond donors (Lipinski definition) is 2. The van der Waals surface area contributed by atoms with E-state index in [1.165, 1.54) is 27.7 Å². The second-order valence-electron chi connectivity index (χ2n) is 6.81. The van der Waals surface area contributed by atoms with Gasteiger partial charge >= 0.3 is 0 Å². The number of benzene rings is 3. The van der Waals surface area contributed by atoms with Gasteiger partial charge in [0.1, 0.15) is 5.75 Å². The number of hydrogen-bond acceptors (Lipinski definition) is 5. The van der Waals surface area contributed by atoms with Crippen molar-refractivity contribution in [3.8, 4) is 5.75 Å². The van der Waals surface area contributed by atoms with E-state index in [1.807, 2.05) is 43.5 Å². The number of carbonyl (C=O) groups is 1. The lowest BCUT2D eigenvalue weighted by Crippen LogP contribution is -2.21. The fourth-order valence-corrected chi connectivity index (χ4v) is 4.11. The third-order valence-electron chi connectivity index (χ3n) is 4.66. The first-order valence-electron chi connectivity index (χ1n) is 9.89. The first-order valence-corrected chi connectivity index (χ1v) is 10.7. The maximum atomic E-state index is 12.3. The van der Waals surface area contributed by atoms with Crippen molar-refractivity contribution in [2.75, 3.05) is 23.8 Å². The summed E-state index contributed by atoms with van der Waals surface area (Å²) >= 11 is 1.51. The standard InChI is InChI=1S/C24H23N3O2S/c1-2-29-20-12-10-19(11-13-20)25-16-23(28)27-24-26-15-21(30-24)14-18-8-5-7-17-6-3-4-9-22(17)18/h3-13,15,25H,2,14,16H2,1H3,(H,26,27,28). The molecule has 4 rings (SSSR count). The number of carbonyl (C=O) groups excluding carboxylic acids is 1. The monoisotopic (exact) mass is 417 g/mol. The Morgan fingerprint density at radius 3 is 2.67 bits per heavy atom. The van der Waals surface area contributed by atoms with Gasteiger partial charge in [-0.3, -0.25) is 4.79 Å². The van der Waals surface area contributed by atoms with Crippen LogP contribution in [0.5, 0.6) is 5.75 Å². The molecule has 1 heterocycles. The first-order chi connectivity index (χ1) is 14.7.